The van der Waals surface area contributed by atoms with Gasteiger partial charge in [0.15, 0.2) is 28.0 Å². The van der Waals surface area contributed by atoms with Crippen LogP contribution >= 0.6 is 23.5 Å². The van der Waals surface area contributed by atoms with E-state index in [0.717, 1.165) is 21.8 Å². The Kier molecular flexibility index (Phi) is 3.98. The summed E-state index contributed by atoms with van der Waals surface area (Å²) in [5, 5.41) is 4.85. The van der Waals surface area contributed by atoms with Crippen LogP contribution in [0.5, 0.6) is 0 Å². The first-order valence-corrected chi connectivity index (χ1v) is 9.09. The molecule has 0 bridgehead atoms. The summed E-state index contributed by atoms with van der Waals surface area (Å²) in [5.74, 6) is 2.63. The van der Waals surface area contributed by atoms with Crippen LogP contribution in [0.3, 0.4) is 0 Å². The van der Waals surface area contributed by atoms with Crippen molar-refractivity contribution >= 4 is 57.8 Å². The third-order valence-corrected chi connectivity index (χ3v) is 5.47. The van der Waals surface area contributed by atoms with Crippen LogP contribution in [-0.2, 0) is 0 Å². The predicted octanol–water partition coefficient (Wildman–Crippen LogP) is -0.187. The van der Waals surface area contributed by atoms with Crippen LogP contribution in [0.2, 0.25) is 0 Å². The number of H-pyrrole nitrogens is 1. The Hall–Kier alpha value is -2.34. The van der Waals surface area contributed by atoms with Crippen molar-refractivity contribution in [1.29, 1.82) is 0 Å². The van der Waals surface area contributed by atoms with Crippen LogP contribution in [0.4, 0.5) is 5.82 Å². The van der Waals surface area contributed by atoms with Gasteiger partial charge in [-0.15, -0.1) is 0 Å². The molecule has 0 fully saturated rings. The van der Waals surface area contributed by atoms with Crippen LogP contribution in [0.1, 0.15) is 0 Å². The highest BCUT2D eigenvalue weighted by molar-refractivity contribution is 8.14. The van der Waals surface area contributed by atoms with E-state index in [0.29, 0.717) is 22.8 Å². The average Bonchev–Trinajstić information content (AvgIpc) is 3.17. The van der Waals surface area contributed by atoms with Crippen molar-refractivity contribution in [2.75, 3.05) is 17.2 Å². The average molecular weight is 362 g/mol. The lowest BCUT2D eigenvalue weighted by atomic mass is 10.2. The molecule has 4 rings (SSSR count). The summed E-state index contributed by atoms with van der Waals surface area (Å²) in [4.78, 5) is 28.2. The number of nitrogens with one attached hydrogen (secondary N) is 2. The quantitative estimate of drug-likeness (QED) is 0.431. The molecule has 2 aromatic heterocycles. The maximum Gasteiger partial charge on any atom is 0.183 e. The number of anilines is 1. The number of nitrogens with zero attached hydrogens (tertiary/aromatic N) is 6. The second-order valence-corrected chi connectivity index (χ2v) is 7.15. The van der Waals surface area contributed by atoms with Gasteiger partial charge in [-0.3, -0.25) is 0 Å². The summed E-state index contributed by atoms with van der Waals surface area (Å²) in [5.41, 5.74) is 12.9. The first kappa shape index (κ1) is 15.2. The number of aromatic nitrogens is 4. The van der Waals surface area contributed by atoms with E-state index in [9.17, 15) is 0 Å². The molecule has 4 heterocycles. The summed E-state index contributed by atoms with van der Waals surface area (Å²) in [7, 11) is 0. The molecule has 6 N–H and O–H groups in total. The van der Waals surface area contributed by atoms with Crippen LogP contribution in [0.25, 0.3) is 11.2 Å². The summed E-state index contributed by atoms with van der Waals surface area (Å²) >= 11 is 3.21. The second-order valence-electron chi connectivity index (χ2n) is 4.98. The fourth-order valence-corrected chi connectivity index (χ4v) is 4.05. The summed E-state index contributed by atoms with van der Waals surface area (Å²) in [6.45, 7) is 0. The Labute approximate surface area is 145 Å². The van der Waals surface area contributed by atoms with Gasteiger partial charge in [-0.2, -0.15) is 0 Å². The molecule has 12 heteroatoms. The van der Waals surface area contributed by atoms with Crippen molar-refractivity contribution in [3.63, 3.8) is 0 Å². The molecule has 124 valence electrons. The number of hydrogen-bond donors (Lipinski definition) is 4. The molecule has 0 radical (unpaired) electrons. The lowest BCUT2D eigenvalue weighted by Gasteiger charge is -2.16. The molecular formula is C12H14N10S2. The van der Waals surface area contributed by atoms with E-state index >= 15 is 0 Å². The molecule has 2 atom stereocenters. The Balaban J connectivity index is 1.30. The molecule has 0 aromatic carbocycles. The van der Waals surface area contributed by atoms with E-state index in [1.165, 1.54) is 12.7 Å². The zero-order valence-corrected chi connectivity index (χ0v) is 14.0. The second kappa shape index (κ2) is 6.28. The molecule has 2 aliphatic heterocycles. The molecule has 2 aromatic rings. The highest BCUT2D eigenvalue weighted by Crippen LogP contribution is 2.23. The Morgan fingerprint density at radius 3 is 2.88 bits per heavy atom. The zero-order chi connectivity index (χ0) is 16.5. The largest absolute Gasteiger partial charge is 0.385 e. The van der Waals surface area contributed by atoms with Crippen LogP contribution in [0.15, 0.2) is 26.5 Å². The van der Waals surface area contributed by atoms with E-state index < -0.39 is 0 Å². The lowest BCUT2D eigenvalue weighted by molar-refractivity contribution is 0.648. The van der Waals surface area contributed by atoms with Crippen LogP contribution in [-0.4, -0.2) is 61.0 Å². The Bertz CT molecular complexity index is 857. The number of nitrogen functional groups attached to an aromatic ring is 1. The smallest absolute Gasteiger partial charge is 0.183 e. The van der Waals surface area contributed by atoms with Gasteiger partial charge < -0.3 is 21.8 Å². The number of hydrogen-bond acceptors (Lipinski definition) is 11. The molecule has 2 aliphatic rings. The van der Waals surface area contributed by atoms with E-state index in [1.807, 2.05) is 0 Å². The molecule has 10 nitrogen and oxygen atoms in total. The van der Waals surface area contributed by atoms with Crippen molar-refractivity contribution in [2.45, 2.75) is 17.4 Å². The number of aromatic amines is 1. The Morgan fingerprint density at radius 1 is 1.17 bits per heavy atom. The first-order chi connectivity index (χ1) is 11.7. The van der Waals surface area contributed by atoms with Gasteiger partial charge in [0.25, 0.3) is 0 Å². The van der Waals surface area contributed by atoms with Gasteiger partial charge in [-0.1, -0.05) is 23.5 Å². The van der Waals surface area contributed by atoms with E-state index in [-0.39, 0.29) is 12.2 Å². The van der Waals surface area contributed by atoms with Crippen molar-refractivity contribution in [2.24, 2.45) is 20.7 Å². The minimum absolute atomic E-state index is 0.123. The van der Waals surface area contributed by atoms with Crippen molar-refractivity contribution < 1.29 is 0 Å². The third-order valence-electron chi connectivity index (χ3n) is 3.43. The van der Waals surface area contributed by atoms with Gasteiger partial charge in [0.1, 0.15) is 30.1 Å². The van der Waals surface area contributed by atoms with E-state index in [2.05, 4.69) is 40.2 Å². The van der Waals surface area contributed by atoms with E-state index in [1.54, 1.807) is 23.5 Å². The summed E-state index contributed by atoms with van der Waals surface area (Å²) in [6.07, 6.45) is 2.67. The third kappa shape index (κ3) is 2.89. The number of rotatable bonds is 4. The number of thioether (sulfide) groups is 2. The molecule has 0 spiro atoms. The fraction of sp³-hybridized carbons (Fsp3) is 0.333. The lowest BCUT2D eigenvalue weighted by Crippen LogP contribution is -2.46. The van der Waals surface area contributed by atoms with Gasteiger partial charge in [0.05, 0.1) is 0 Å². The van der Waals surface area contributed by atoms with Crippen molar-refractivity contribution in [1.82, 2.24) is 25.3 Å². The van der Waals surface area contributed by atoms with Gasteiger partial charge in [-0.25, -0.2) is 29.9 Å². The summed E-state index contributed by atoms with van der Waals surface area (Å²) < 4.78 is 0. The first-order valence-electron chi connectivity index (χ1n) is 7.11. The van der Waals surface area contributed by atoms with Gasteiger partial charge in [-0.05, 0) is 0 Å². The maximum absolute atomic E-state index is 5.84. The van der Waals surface area contributed by atoms with E-state index in [4.69, 9.17) is 11.5 Å². The Morgan fingerprint density at radius 2 is 2.04 bits per heavy atom. The number of imidazole rings is 1. The highest BCUT2D eigenvalue weighted by Gasteiger charge is 2.32. The number of fused-ring (bicyclic) bond motifs is 2. The monoisotopic (exact) mass is 362 g/mol. The molecule has 0 saturated heterocycles. The molecule has 0 unspecified atom stereocenters. The predicted molar refractivity (Wildman–Crippen MR) is 97.5 cm³/mol. The summed E-state index contributed by atoms with van der Waals surface area (Å²) in [6, 6.07) is -0.123. The number of aliphatic imine (C=N–C) groups is 3. The topological polar surface area (TPSA) is 156 Å². The number of nitrogens with two attached hydrogens (primary N) is 2. The SMILES string of the molecule is NC1=NC=N[C@@H]2N=C(SCCSc3nc4ncnc(N)c4[nH]3)N[C@H]12. The van der Waals surface area contributed by atoms with Crippen molar-refractivity contribution in [3.8, 4) is 0 Å². The zero-order valence-electron chi connectivity index (χ0n) is 12.4. The maximum atomic E-state index is 5.84. The standard InChI is InChI=1S/C12H14N10S2/c13-7-5-9(17-3-15-7)21-11(19-5)23-1-2-24-12-20-6-8(14)16-4-18-10(6)22-12/h3-5,9H,1-2H2,(H,19,21)(H2,13,15,17)(H3,14,16,18,20,22)/t5-,9-/m1/s1. The van der Waals surface area contributed by atoms with Crippen LogP contribution < -0.4 is 16.8 Å². The normalized spacial score (nSPS) is 22.2. The minimum Gasteiger partial charge on any atom is -0.385 e. The number of amidine groups is 2. The molecule has 0 aliphatic carbocycles. The molecular weight excluding hydrogens is 348 g/mol. The van der Waals surface area contributed by atoms with Gasteiger partial charge >= 0.3 is 0 Å². The highest BCUT2D eigenvalue weighted by atomic mass is 32.2. The molecule has 24 heavy (non-hydrogen) atoms. The molecule has 0 saturated carbocycles. The molecule has 0 amide bonds. The fourth-order valence-electron chi connectivity index (χ4n) is 2.28. The van der Waals surface area contributed by atoms with Crippen molar-refractivity contribution in [3.05, 3.63) is 6.33 Å². The van der Waals surface area contributed by atoms with Gasteiger partial charge in [0.2, 0.25) is 0 Å². The van der Waals surface area contributed by atoms with Crippen LogP contribution in [0, 0.1) is 0 Å². The van der Waals surface area contributed by atoms with Gasteiger partial charge in [0, 0.05) is 11.5 Å². The minimum atomic E-state index is -0.199.